The summed E-state index contributed by atoms with van der Waals surface area (Å²) >= 11 is 0. The molecule has 1 aromatic heterocycles. The smallest absolute Gasteiger partial charge is 0.229 e. The van der Waals surface area contributed by atoms with Crippen molar-refractivity contribution in [1.29, 1.82) is 0 Å². The Morgan fingerprint density at radius 1 is 1.04 bits per heavy atom. The molecular weight excluding hydrogens is 298 g/mol. The summed E-state index contributed by atoms with van der Waals surface area (Å²) in [5.74, 6) is 1.51. The highest BCUT2D eigenvalue weighted by molar-refractivity contribution is 5.64. The van der Waals surface area contributed by atoms with Crippen molar-refractivity contribution in [2.45, 2.75) is 33.6 Å². The molecule has 2 N–H and O–H groups in total. The molecule has 0 radical (unpaired) electrons. The van der Waals surface area contributed by atoms with Gasteiger partial charge in [0.1, 0.15) is 5.82 Å². The third kappa shape index (κ3) is 4.93. The first-order valence-corrected chi connectivity index (χ1v) is 8.65. The molecule has 0 aliphatic carbocycles. The van der Waals surface area contributed by atoms with Gasteiger partial charge in [0.05, 0.1) is 0 Å². The van der Waals surface area contributed by atoms with Crippen LogP contribution in [0.3, 0.4) is 0 Å². The number of anilines is 3. The number of benzene rings is 1. The summed E-state index contributed by atoms with van der Waals surface area (Å²) in [4.78, 5) is 11.3. The molecule has 2 aromatic rings. The van der Waals surface area contributed by atoms with E-state index in [1.807, 2.05) is 13.0 Å². The summed E-state index contributed by atoms with van der Waals surface area (Å²) in [6, 6.07) is 8.42. The van der Waals surface area contributed by atoms with Gasteiger partial charge in [-0.2, -0.15) is 4.98 Å². The van der Waals surface area contributed by atoms with Crippen LogP contribution in [0, 0.1) is 6.92 Å². The number of aryl methyl sites for hydroxylation is 3. The fourth-order valence-corrected chi connectivity index (χ4v) is 2.64. The minimum absolute atomic E-state index is 0.651. The zero-order chi connectivity index (χ0) is 17.5. The Labute approximate surface area is 145 Å². The lowest BCUT2D eigenvalue weighted by atomic mass is 10.0. The molecule has 5 heteroatoms. The zero-order valence-electron chi connectivity index (χ0n) is 15.5. The van der Waals surface area contributed by atoms with Gasteiger partial charge in [-0.05, 0) is 45.0 Å². The monoisotopic (exact) mass is 327 g/mol. The van der Waals surface area contributed by atoms with Gasteiger partial charge in [0.25, 0.3) is 0 Å². The first-order chi connectivity index (χ1) is 11.5. The van der Waals surface area contributed by atoms with Gasteiger partial charge < -0.3 is 15.5 Å². The molecule has 0 spiro atoms. The summed E-state index contributed by atoms with van der Waals surface area (Å²) in [6.07, 6.45) is 1.96. The normalized spacial score (nSPS) is 10.9. The van der Waals surface area contributed by atoms with E-state index in [1.165, 1.54) is 11.1 Å². The fraction of sp³-hybridized carbons (Fsp3) is 0.474. The number of likely N-dealkylation sites (N-methyl/N-ethyl adjacent to an activating group) is 1. The minimum atomic E-state index is 0.651. The second-order valence-corrected chi connectivity index (χ2v) is 6.23. The molecule has 1 aromatic carbocycles. The van der Waals surface area contributed by atoms with Gasteiger partial charge >= 0.3 is 0 Å². The van der Waals surface area contributed by atoms with Crippen LogP contribution in [0.15, 0.2) is 24.3 Å². The molecule has 0 amide bonds. The van der Waals surface area contributed by atoms with Crippen molar-refractivity contribution >= 4 is 17.5 Å². The zero-order valence-corrected chi connectivity index (χ0v) is 15.5. The predicted molar refractivity (Wildman–Crippen MR) is 102 cm³/mol. The van der Waals surface area contributed by atoms with Crippen molar-refractivity contribution in [3.05, 3.63) is 41.1 Å². The van der Waals surface area contributed by atoms with Crippen LogP contribution in [-0.4, -0.2) is 42.1 Å². The largest absolute Gasteiger partial charge is 0.369 e. The summed E-state index contributed by atoms with van der Waals surface area (Å²) in [5.41, 5.74) is 4.68. The quantitative estimate of drug-likeness (QED) is 0.775. The van der Waals surface area contributed by atoms with Gasteiger partial charge in [0.2, 0.25) is 5.95 Å². The van der Waals surface area contributed by atoms with Crippen LogP contribution in [0.25, 0.3) is 0 Å². The van der Waals surface area contributed by atoms with E-state index in [-0.39, 0.29) is 0 Å². The lowest BCUT2D eigenvalue weighted by Gasteiger charge is -2.16. The van der Waals surface area contributed by atoms with Crippen LogP contribution in [0.1, 0.15) is 30.7 Å². The Balaban J connectivity index is 2.22. The van der Waals surface area contributed by atoms with Crippen LogP contribution < -0.4 is 10.6 Å². The van der Waals surface area contributed by atoms with Gasteiger partial charge in [-0.1, -0.05) is 32.0 Å². The van der Waals surface area contributed by atoms with Crippen molar-refractivity contribution in [3.8, 4) is 0 Å². The molecule has 2 rings (SSSR count). The Hall–Kier alpha value is -2.14. The number of aromatic nitrogens is 2. The van der Waals surface area contributed by atoms with Crippen LogP contribution in [0.5, 0.6) is 0 Å². The van der Waals surface area contributed by atoms with E-state index in [2.05, 4.69) is 71.6 Å². The molecule has 24 heavy (non-hydrogen) atoms. The van der Waals surface area contributed by atoms with Crippen molar-refractivity contribution < 1.29 is 0 Å². The number of nitrogens with one attached hydrogen (secondary N) is 2. The standard InChI is InChI=1S/C19H29N5/c1-6-15-9-8-10-16(7-2)18(15)23-19-21-14(3)13-17(22-19)20-11-12-24(4)5/h8-10,13H,6-7,11-12H2,1-5H3,(H2,20,21,22,23). The summed E-state index contributed by atoms with van der Waals surface area (Å²) in [5, 5.41) is 6.82. The molecule has 0 saturated heterocycles. The van der Waals surface area contributed by atoms with Crippen molar-refractivity contribution in [2.24, 2.45) is 0 Å². The fourth-order valence-electron chi connectivity index (χ4n) is 2.64. The van der Waals surface area contributed by atoms with Crippen molar-refractivity contribution in [2.75, 3.05) is 37.8 Å². The number of para-hydroxylation sites is 1. The molecule has 0 unspecified atom stereocenters. The van der Waals surface area contributed by atoms with Gasteiger partial charge in [-0.15, -0.1) is 0 Å². The topological polar surface area (TPSA) is 53.1 Å². The molecule has 0 fully saturated rings. The van der Waals surface area contributed by atoms with Crippen molar-refractivity contribution in [1.82, 2.24) is 14.9 Å². The Kier molecular flexibility index (Phi) is 6.55. The molecule has 1 heterocycles. The molecule has 0 aliphatic heterocycles. The highest BCUT2D eigenvalue weighted by Gasteiger charge is 2.09. The van der Waals surface area contributed by atoms with Crippen LogP contribution >= 0.6 is 0 Å². The Bertz CT molecular complexity index is 645. The minimum Gasteiger partial charge on any atom is -0.369 e. The molecule has 0 atom stereocenters. The van der Waals surface area contributed by atoms with Gasteiger partial charge in [0.15, 0.2) is 0 Å². The molecule has 0 bridgehead atoms. The van der Waals surface area contributed by atoms with E-state index < -0.39 is 0 Å². The van der Waals surface area contributed by atoms with E-state index in [0.717, 1.165) is 43.1 Å². The van der Waals surface area contributed by atoms with E-state index in [9.17, 15) is 0 Å². The Morgan fingerprint density at radius 3 is 2.29 bits per heavy atom. The highest BCUT2D eigenvalue weighted by Crippen LogP contribution is 2.25. The maximum absolute atomic E-state index is 4.62. The first kappa shape index (κ1) is 18.2. The van der Waals surface area contributed by atoms with Crippen molar-refractivity contribution in [3.63, 3.8) is 0 Å². The molecule has 130 valence electrons. The van der Waals surface area contributed by atoms with Gasteiger partial charge in [-0.25, -0.2) is 4.98 Å². The third-order valence-electron chi connectivity index (χ3n) is 3.96. The van der Waals surface area contributed by atoms with E-state index in [1.54, 1.807) is 0 Å². The highest BCUT2D eigenvalue weighted by atomic mass is 15.2. The molecule has 5 nitrogen and oxygen atoms in total. The molecular formula is C19H29N5. The van der Waals surface area contributed by atoms with E-state index in [0.29, 0.717) is 5.95 Å². The average Bonchev–Trinajstić information content (AvgIpc) is 2.54. The lowest BCUT2D eigenvalue weighted by molar-refractivity contribution is 0.425. The number of hydrogen-bond donors (Lipinski definition) is 2. The summed E-state index contributed by atoms with van der Waals surface area (Å²) in [6.45, 7) is 8.16. The van der Waals surface area contributed by atoms with Crippen LogP contribution in [0.2, 0.25) is 0 Å². The Morgan fingerprint density at radius 2 is 1.71 bits per heavy atom. The second-order valence-electron chi connectivity index (χ2n) is 6.23. The van der Waals surface area contributed by atoms with E-state index >= 15 is 0 Å². The van der Waals surface area contributed by atoms with Crippen LogP contribution in [0.4, 0.5) is 17.5 Å². The SMILES string of the molecule is CCc1cccc(CC)c1Nc1nc(C)cc(NCCN(C)C)n1. The van der Waals surface area contributed by atoms with Gasteiger partial charge in [-0.3, -0.25) is 0 Å². The maximum Gasteiger partial charge on any atom is 0.229 e. The second kappa shape index (κ2) is 8.64. The molecule has 0 aliphatic rings. The van der Waals surface area contributed by atoms with Gasteiger partial charge in [0, 0.05) is 30.5 Å². The predicted octanol–water partition coefficient (Wildman–Crippen LogP) is 3.63. The summed E-state index contributed by atoms with van der Waals surface area (Å²) < 4.78 is 0. The number of nitrogens with zero attached hydrogens (tertiary/aromatic N) is 3. The summed E-state index contributed by atoms with van der Waals surface area (Å²) in [7, 11) is 4.13. The maximum atomic E-state index is 4.62. The number of rotatable bonds is 8. The van der Waals surface area contributed by atoms with E-state index in [4.69, 9.17) is 0 Å². The number of hydrogen-bond acceptors (Lipinski definition) is 5. The van der Waals surface area contributed by atoms with Crippen LogP contribution in [-0.2, 0) is 12.8 Å². The lowest BCUT2D eigenvalue weighted by Crippen LogP contribution is -2.21. The average molecular weight is 327 g/mol. The first-order valence-electron chi connectivity index (χ1n) is 8.65. The third-order valence-corrected chi connectivity index (χ3v) is 3.96. The molecule has 0 saturated carbocycles.